The van der Waals surface area contributed by atoms with Crippen LogP contribution in [0.4, 0.5) is 0 Å². The van der Waals surface area contributed by atoms with Gasteiger partial charge in [-0.25, -0.2) is 9.97 Å². The van der Waals surface area contributed by atoms with E-state index in [0.717, 1.165) is 33.5 Å². The number of pyridine rings is 2. The molecule has 0 amide bonds. The normalized spacial score (nSPS) is 13.9. The fourth-order valence-corrected chi connectivity index (χ4v) is 3.33. The van der Waals surface area contributed by atoms with Crippen LogP contribution in [0.15, 0.2) is 30.5 Å². The summed E-state index contributed by atoms with van der Waals surface area (Å²) in [4.78, 5) is 9.59. The van der Waals surface area contributed by atoms with E-state index < -0.39 is 0 Å². The van der Waals surface area contributed by atoms with Gasteiger partial charge in [-0.3, -0.25) is 0 Å². The first kappa shape index (κ1) is 19.4. The third-order valence-electron chi connectivity index (χ3n) is 5.29. The average Bonchev–Trinajstić information content (AvgIpc) is 3.02. The van der Waals surface area contributed by atoms with Crippen LogP contribution >= 0.6 is 0 Å². The Morgan fingerprint density at radius 2 is 1.70 bits per heavy atom. The van der Waals surface area contributed by atoms with Gasteiger partial charge >= 0.3 is 0 Å². The van der Waals surface area contributed by atoms with Crippen molar-refractivity contribution in [2.45, 2.75) is 52.7 Å². The quantitative estimate of drug-likeness (QED) is 0.606. The van der Waals surface area contributed by atoms with E-state index >= 15 is 0 Å². The molecule has 0 fully saturated rings. The maximum absolute atomic E-state index is 5.55. The van der Waals surface area contributed by atoms with Crippen molar-refractivity contribution >= 4 is 11.0 Å². The number of hydrogen-bond acceptors (Lipinski definition) is 4. The molecule has 0 radical (unpaired) electrons. The van der Waals surface area contributed by atoms with Gasteiger partial charge in [0.2, 0.25) is 5.88 Å². The fraction of sp³-hybridized carbons (Fsp3) is 0.455. The Bertz CT molecular complexity index is 946. The summed E-state index contributed by atoms with van der Waals surface area (Å²) in [7, 11) is 3.40. The van der Waals surface area contributed by atoms with Crippen LogP contribution in [-0.2, 0) is 4.74 Å². The van der Waals surface area contributed by atoms with Crippen molar-refractivity contribution in [3.8, 4) is 17.1 Å². The van der Waals surface area contributed by atoms with Gasteiger partial charge in [0.15, 0.2) is 0 Å². The zero-order chi connectivity index (χ0) is 19.7. The lowest BCUT2D eigenvalue weighted by molar-refractivity contribution is 0.0792. The minimum atomic E-state index is 0.118. The predicted molar refractivity (Wildman–Crippen MR) is 110 cm³/mol. The molecule has 0 saturated carbocycles. The minimum Gasteiger partial charge on any atom is -0.480 e. The first-order valence-corrected chi connectivity index (χ1v) is 9.43. The molecule has 0 aromatic carbocycles. The van der Waals surface area contributed by atoms with E-state index in [0.29, 0.717) is 11.8 Å². The summed E-state index contributed by atoms with van der Waals surface area (Å²) in [6.07, 6.45) is 2.27. The molecule has 144 valence electrons. The molecule has 5 heteroatoms. The number of fused-ring (bicyclic) bond motifs is 1. The van der Waals surface area contributed by atoms with E-state index in [4.69, 9.17) is 14.5 Å². The molecule has 0 aliphatic carbocycles. The van der Waals surface area contributed by atoms with Crippen molar-refractivity contribution in [2.24, 2.45) is 0 Å². The summed E-state index contributed by atoms with van der Waals surface area (Å²) in [5.74, 6) is 0.968. The van der Waals surface area contributed by atoms with Crippen LogP contribution in [0, 0.1) is 6.92 Å². The molecule has 1 unspecified atom stereocenters. The van der Waals surface area contributed by atoms with Crippen molar-refractivity contribution in [3.05, 3.63) is 41.7 Å². The summed E-state index contributed by atoms with van der Waals surface area (Å²) < 4.78 is 13.3. The van der Waals surface area contributed by atoms with Crippen molar-refractivity contribution in [2.75, 3.05) is 14.2 Å². The fourth-order valence-electron chi connectivity index (χ4n) is 3.33. The SMILES string of the molecule is COc1nc(C(C)C)ccc1-c1ccc2c(n1)c(C)cn2[C@@H](C)C(C)OC. The van der Waals surface area contributed by atoms with Gasteiger partial charge in [-0.1, -0.05) is 13.8 Å². The van der Waals surface area contributed by atoms with Crippen molar-refractivity contribution in [3.63, 3.8) is 0 Å². The van der Waals surface area contributed by atoms with Crippen LogP contribution in [0.2, 0.25) is 0 Å². The van der Waals surface area contributed by atoms with Gasteiger partial charge in [-0.15, -0.1) is 0 Å². The van der Waals surface area contributed by atoms with Crippen molar-refractivity contribution < 1.29 is 9.47 Å². The van der Waals surface area contributed by atoms with E-state index in [-0.39, 0.29) is 12.1 Å². The number of methoxy groups -OCH3 is 2. The molecule has 3 aromatic rings. The lowest BCUT2D eigenvalue weighted by Gasteiger charge is -2.21. The molecule has 0 saturated heterocycles. The number of aromatic nitrogens is 3. The lowest BCUT2D eigenvalue weighted by atomic mass is 10.1. The number of ether oxygens (including phenoxy) is 2. The van der Waals surface area contributed by atoms with Crippen LogP contribution in [0.5, 0.6) is 5.88 Å². The Morgan fingerprint density at radius 1 is 0.963 bits per heavy atom. The third-order valence-corrected chi connectivity index (χ3v) is 5.29. The van der Waals surface area contributed by atoms with Crippen LogP contribution in [0.25, 0.3) is 22.3 Å². The lowest BCUT2D eigenvalue weighted by Crippen LogP contribution is -2.19. The highest BCUT2D eigenvalue weighted by Crippen LogP contribution is 2.32. The summed E-state index contributed by atoms with van der Waals surface area (Å²) in [5.41, 5.74) is 6.05. The molecular weight excluding hydrogens is 338 g/mol. The number of nitrogens with zero attached hydrogens (tertiary/aromatic N) is 3. The molecule has 5 nitrogen and oxygen atoms in total. The highest BCUT2D eigenvalue weighted by atomic mass is 16.5. The van der Waals surface area contributed by atoms with Gasteiger partial charge < -0.3 is 14.0 Å². The van der Waals surface area contributed by atoms with Crippen LogP contribution in [-0.4, -0.2) is 34.9 Å². The predicted octanol–water partition coefficient (Wildman–Crippen LogP) is 5.13. The number of rotatable bonds is 6. The second-order valence-corrected chi connectivity index (χ2v) is 7.41. The first-order valence-electron chi connectivity index (χ1n) is 9.43. The standard InChI is InChI=1S/C22H29N3O2/c1-13(2)18-9-8-17(22(24-18)27-7)19-10-11-20-21(23-19)14(3)12-25(20)15(4)16(5)26-6/h8-13,15-16H,1-7H3/t15-,16?/m0/s1. The molecule has 3 rings (SSSR count). The first-order chi connectivity index (χ1) is 12.9. The zero-order valence-electron chi connectivity index (χ0n) is 17.3. The topological polar surface area (TPSA) is 49.2 Å². The van der Waals surface area contributed by atoms with Crippen molar-refractivity contribution in [1.82, 2.24) is 14.5 Å². The Morgan fingerprint density at radius 3 is 2.33 bits per heavy atom. The second-order valence-electron chi connectivity index (χ2n) is 7.41. The van der Waals surface area contributed by atoms with Crippen LogP contribution in [0.1, 0.15) is 50.9 Å². The van der Waals surface area contributed by atoms with Crippen LogP contribution < -0.4 is 4.74 Å². The highest BCUT2D eigenvalue weighted by molar-refractivity contribution is 5.83. The zero-order valence-corrected chi connectivity index (χ0v) is 17.3. The molecule has 3 aromatic heterocycles. The molecule has 0 bridgehead atoms. The largest absolute Gasteiger partial charge is 0.480 e. The Kier molecular flexibility index (Phi) is 5.51. The van der Waals surface area contributed by atoms with Crippen LogP contribution in [0.3, 0.4) is 0 Å². The van der Waals surface area contributed by atoms with Gasteiger partial charge in [-0.05, 0) is 56.5 Å². The van der Waals surface area contributed by atoms with Crippen molar-refractivity contribution in [1.29, 1.82) is 0 Å². The molecule has 0 N–H and O–H groups in total. The third kappa shape index (κ3) is 3.56. The monoisotopic (exact) mass is 367 g/mol. The van der Waals surface area contributed by atoms with Gasteiger partial charge in [0.25, 0.3) is 0 Å². The van der Waals surface area contributed by atoms with Gasteiger partial charge in [0.05, 0.1) is 41.5 Å². The molecule has 27 heavy (non-hydrogen) atoms. The van der Waals surface area contributed by atoms with Gasteiger partial charge in [-0.2, -0.15) is 0 Å². The van der Waals surface area contributed by atoms with E-state index in [1.165, 1.54) is 0 Å². The molecule has 0 aliphatic heterocycles. The molecule has 0 aliphatic rings. The van der Waals surface area contributed by atoms with E-state index in [9.17, 15) is 0 Å². The summed E-state index contributed by atoms with van der Waals surface area (Å²) >= 11 is 0. The van der Waals surface area contributed by atoms with Gasteiger partial charge in [0.1, 0.15) is 0 Å². The smallest absolute Gasteiger partial charge is 0.222 e. The maximum Gasteiger partial charge on any atom is 0.222 e. The molecule has 2 atom stereocenters. The summed E-state index contributed by atoms with van der Waals surface area (Å²) in [6, 6.07) is 8.49. The second kappa shape index (κ2) is 7.69. The highest BCUT2D eigenvalue weighted by Gasteiger charge is 2.19. The molecule has 3 heterocycles. The average molecular weight is 367 g/mol. The van der Waals surface area contributed by atoms with Gasteiger partial charge in [0, 0.05) is 19.0 Å². The number of aryl methyl sites for hydroxylation is 1. The maximum atomic E-state index is 5.55. The molecular formula is C22H29N3O2. The Balaban J connectivity index is 2.09. The summed E-state index contributed by atoms with van der Waals surface area (Å²) in [6.45, 7) is 10.6. The Labute approximate surface area is 161 Å². The Hall–Kier alpha value is -2.40. The van der Waals surface area contributed by atoms with E-state index in [1.54, 1.807) is 14.2 Å². The summed E-state index contributed by atoms with van der Waals surface area (Å²) in [5, 5.41) is 0. The number of hydrogen-bond donors (Lipinski definition) is 0. The minimum absolute atomic E-state index is 0.118. The van der Waals surface area contributed by atoms with E-state index in [2.05, 4.69) is 68.6 Å². The molecule has 0 spiro atoms. The van der Waals surface area contributed by atoms with E-state index in [1.807, 2.05) is 6.07 Å².